The lowest BCUT2D eigenvalue weighted by molar-refractivity contribution is -0.139. The SMILES string of the molecule is COc1ccc(CN2CCC3(CCN(CC4CN(C(=O)c5cccs5)CC4c4ccccc4)CC3)C2=O)cc1.Cl. The lowest BCUT2D eigenvalue weighted by atomic mass is 9.76. The molecule has 4 heterocycles. The molecule has 0 saturated carbocycles. The summed E-state index contributed by atoms with van der Waals surface area (Å²) in [5.41, 5.74) is 2.25. The smallest absolute Gasteiger partial charge is 0.263 e. The molecule has 212 valence electrons. The van der Waals surface area contributed by atoms with Crippen molar-refractivity contribution in [3.05, 3.63) is 88.1 Å². The molecule has 3 fully saturated rings. The van der Waals surface area contributed by atoms with E-state index in [-0.39, 0.29) is 23.7 Å². The van der Waals surface area contributed by atoms with Gasteiger partial charge < -0.3 is 19.4 Å². The van der Waals surface area contributed by atoms with E-state index in [0.29, 0.717) is 24.3 Å². The monoisotopic (exact) mass is 579 g/mol. The highest BCUT2D eigenvalue weighted by Gasteiger charge is 2.48. The van der Waals surface area contributed by atoms with Crippen molar-refractivity contribution in [2.24, 2.45) is 11.3 Å². The molecule has 2 unspecified atom stereocenters. The van der Waals surface area contributed by atoms with Crippen molar-refractivity contribution in [1.29, 1.82) is 0 Å². The van der Waals surface area contributed by atoms with Gasteiger partial charge in [0.25, 0.3) is 5.91 Å². The summed E-state index contributed by atoms with van der Waals surface area (Å²) >= 11 is 1.52. The molecule has 6 rings (SSSR count). The number of carbonyl (C=O) groups excluding carboxylic acids is 2. The standard InChI is InChI=1S/C32H37N3O3S.ClH/c1-38-27-11-9-24(10-12-27)20-34-18-15-32(31(34)37)13-16-33(17-14-32)21-26-22-35(30(36)29-8-5-19-39-29)23-28(26)25-6-3-2-4-7-25;/h2-12,19,26,28H,13-18,20-23H2,1H3;1H. The Balaban J connectivity index is 0.00000323. The molecule has 40 heavy (non-hydrogen) atoms. The molecular formula is C32H38ClN3O3S. The van der Waals surface area contributed by atoms with E-state index in [1.807, 2.05) is 34.5 Å². The summed E-state index contributed by atoms with van der Waals surface area (Å²) in [6, 6.07) is 22.6. The van der Waals surface area contributed by atoms with E-state index in [2.05, 4.69) is 52.3 Å². The molecule has 2 atom stereocenters. The second-order valence-corrected chi connectivity index (χ2v) is 12.3. The Hall–Kier alpha value is -2.87. The summed E-state index contributed by atoms with van der Waals surface area (Å²) in [5.74, 6) is 2.04. The van der Waals surface area contributed by atoms with Crippen molar-refractivity contribution >= 4 is 35.6 Å². The number of methoxy groups -OCH3 is 1. The van der Waals surface area contributed by atoms with Gasteiger partial charge in [0.2, 0.25) is 5.91 Å². The van der Waals surface area contributed by atoms with Gasteiger partial charge in [-0.05, 0) is 73.0 Å². The Labute approximate surface area is 247 Å². The van der Waals surface area contributed by atoms with Crippen LogP contribution in [-0.2, 0) is 11.3 Å². The quantitative estimate of drug-likeness (QED) is 0.368. The maximum absolute atomic E-state index is 13.6. The largest absolute Gasteiger partial charge is 0.497 e. The molecule has 8 heteroatoms. The number of likely N-dealkylation sites (tertiary alicyclic amines) is 3. The molecule has 1 spiro atoms. The van der Waals surface area contributed by atoms with E-state index in [1.165, 1.54) is 16.9 Å². The van der Waals surface area contributed by atoms with E-state index < -0.39 is 0 Å². The van der Waals surface area contributed by atoms with Crippen LogP contribution in [0.3, 0.4) is 0 Å². The van der Waals surface area contributed by atoms with Gasteiger partial charge in [0.05, 0.1) is 17.4 Å². The number of rotatable bonds is 7. The molecule has 3 aliphatic heterocycles. The van der Waals surface area contributed by atoms with Gasteiger partial charge in [-0.2, -0.15) is 0 Å². The minimum absolute atomic E-state index is 0. The van der Waals surface area contributed by atoms with E-state index in [1.54, 1.807) is 7.11 Å². The molecular weight excluding hydrogens is 542 g/mol. The average molecular weight is 580 g/mol. The summed E-state index contributed by atoms with van der Waals surface area (Å²) in [4.78, 5) is 34.2. The summed E-state index contributed by atoms with van der Waals surface area (Å²) in [5, 5.41) is 1.97. The minimum atomic E-state index is -0.210. The zero-order valence-electron chi connectivity index (χ0n) is 23.0. The first-order valence-corrected chi connectivity index (χ1v) is 14.9. The van der Waals surface area contributed by atoms with Gasteiger partial charge >= 0.3 is 0 Å². The second-order valence-electron chi connectivity index (χ2n) is 11.4. The molecule has 3 saturated heterocycles. The van der Waals surface area contributed by atoms with Crippen molar-refractivity contribution in [2.75, 3.05) is 46.4 Å². The Morgan fingerprint density at radius 1 is 0.950 bits per heavy atom. The van der Waals surface area contributed by atoms with Gasteiger partial charge in [0, 0.05) is 38.6 Å². The van der Waals surface area contributed by atoms with E-state index in [9.17, 15) is 9.59 Å². The van der Waals surface area contributed by atoms with Crippen LogP contribution < -0.4 is 4.74 Å². The summed E-state index contributed by atoms with van der Waals surface area (Å²) in [7, 11) is 1.67. The predicted molar refractivity (Wildman–Crippen MR) is 161 cm³/mol. The van der Waals surface area contributed by atoms with Crippen molar-refractivity contribution < 1.29 is 14.3 Å². The van der Waals surface area contributed by atoms with E-state index >= 15 is 0 Å². The number of piperidine rings is 1. The zero-order chi connectivity index (χ0) is 26.8. The van der Waals surface area contributed by atoms with Crippen LogP contribution in [0.2, 0.25) is 0 Å². The number of hydrogen-bond acceptors (Lipinski definition) is 5. The highest BCUT2D eigenvalue weighted by atomic mass is 35.5. The van der Waals surface area contributed by atoms with Gasteiger partial charge in [0.15, 0.2) is 0 Å². The third-order valence-corrected chi connectivity index (χ3v) is 9.99. The predicted octanol–water partition coefficient (Wildman–Crippen LogP) is 5.55. The van der Waals surface area contributed by atoms with Gasteiger partial charge in [-0.3, -0.25) is 9.59 Å². The third kappa shape index (κ3) is 5.78. The van der Waals surface area contributed by atoms with E-state index in [4.69, 9.17) is 4.74 Å². The van der Waals surface area contributed by atoms with Crippen LogP contribution in [0.1, 0.15) is 46.0 Å². The lowest BCUT2D eigenvalue weighted by Gasteiger charge is -2.39. The van der Waals surface area contributed by atoms with Crippen molar-refractivity contribution in [3.8, 4) is 5.75 Å². The molecule has 0 bridgehead atoms. The minimum Gasteiger partial charge on any atom is -0.497 e. The second kappa shape index (κ2) is 12.3. The average Bonchev–Trinajstić information content (AvgIpc) is 3.73. The maximum atomic E-state index is 13.6. The number of benzene rings is 2. The Morgan fingerprint density at radius 2 is 1.68 bits per heavy atom. The van der Waals surface area contributed by atoms with Crippen LogP contribution in [0.25, 0.3) is 0 Å². The number of amides is 2. The first kappa shape index (κ1) is 28.7. The van der Waals surface area contributed by atoms with Crippen LogP contribution in [0.4, 0.5) is 0 Å². The van der Waals surface area contributed by atoms with Crippen molar-refractivity contribution in [2.45, 2.75) is 31.7 Å². The molecule has 2 amide bonds. The van der Waals surface area contributed by atoms with Crippen LogP contribution in [0.5, 0.6) is 5.75 Å². The van der Waals surface area contributed by atoms with Crippen LogP contribution in [0.15, 0.2) is 72.1 Å². The number of hydrogen-bond donors (Lipinski definition) is 0. The first-order chi connectivity index (χ1) is 19.0. The van der Waals surface area contributed by atoms with Gasteiger partial charge in [-0.15, -0.1) is 23.7 Å². The van der Waals surface area contributed by atoms with Gasteiger partial charge in [0.1, 0.15) is 5.75 Å². The third-order valence-electron chi connectivity index (χ3n) is 9.13. The van der Waals surface area contributed by atoms with E-state index in [0.717, 1.165) is 74.7 Å². The number of thiophene rings is 1. The fourth-order valence-corrected chi connectivity index (χ4v) is 7.50. The van der Waals surface area contributed by atoms with Crippen LogP contribution >= 0.6 is 23.7 Å². The highest BCUT2D eigenvalue weighted by molar-refractivity contribution is 7.12. The number of carbonyl (C=O) groups is 2. The zero-order valence-corrected chi connectivity index (χ0v) is 24.7. The molecule has 6 nitrogen and oxygen atoms in total. The lowest BCUT2D eigenvalue weighted by Crippen LogP contribution is -2.46. The fraction of sp³-hybridized carbons (Fsp3) is 0.438. The number of nitrogens with zero attached hydrogens (tertiary/aromatic N) is 3. The summed E-state index contributed by atoms with van der Waals surface area (Å²) in [6.45, 7) is 5.91. The Morgan fingerprint density at radius 3 is 2.35 bits per heavy atom. The fourth-order valence-electron chi connectivity index (χ4n) is 6.81. The molecule has 3 aliphatic rings. The molecule has 0 radical (unpaired) electrons. The van der Waals surface area contributed by atoms with Gasteiger partial charge in [-0.1, -0.05) is 48.5 Å². The number of ether oxygens (including phenoxy) is 1. The van der Waals surface area contributed by atoms with Crippen LogP contribution in [0, 0.1) is 11.3 Å². The molecule has 3 aromatic rings. The van der Waals surface area contributed by atoms with Crippen molar-refractivity contribution in [1.82, 2.24) is 14.7 Å². The van der Waals surface area contributed by atoms with Gasteiger partial charge in [-0.25, -0.2) is 0 Å². The Bertz CT molecular complexity index is 1280. The molecule has 0 aliphatic carbocycles. The topological polar surface area (TPSA) is 53.1 Å². The van der Waals surface area contributed by atoms with Crippen LogP contribution in [-0.4, -0.2) is 72.9 Å². The summed E-state index contributed by atoms with van der Waals surface area (Å²) in [6.07, 6.45) is 2.80. The molecule has 0 N–H and O–H groups in total. The maximum Gasteiger partial charge on any atom is 0.263 e. The molecule has 1 aromatic heterocycles. The normalized spacial score (nSPS) is 22.5. The summed E-state index contributed by atoms with van der Waals surface area (Å²) < 4.78 is 5.27. The van der Waals surface area contributed by atoms with Crippen molar-refractivity contribution in [3.63, 3.8) is 0 Å². The highest BCUT2D eigenvalue weighted by Crippen LogP contribution is 2.43. The Kier molecular flexibility index (Phi) is 8.83. The number of halogens is 1. The first-order valence-electron chi connectivity index (χ1n) is 14.1. The molecule has 2 aromatic carbocycles.